The summed E-state index contributed by atoms with van der Waals surface area (Å²) in [5.74, 6) is 1.16. The monoisotopic (exact) mass is 330 g/mol. The third kappa shape index (κ3) is 3.06. The topological polar surface area (TPSA) is 58.4 Å². The minimum absolute atomic E-state index is 0.0119. The minimum atomic E-state index is 0.0119. The number of carbonyl (C=O) groups excluding carboxylic acids is 2. The number of hydrogen-bond donors (Lipinski definition) is 0. The number of hydrogen-bond acceptors (Lipinski definition) is 3. The molecule has 0 radical (unpaired) electrons. The van der Waals surface area contributed by atoms with Crippen molar-refractivity contribution in [2.24, 2.45) is 11.8 Å². The average molecular weight is 330 g/mol. The van der Waals surface area contributed by atoms with Gasteiger partial charge >= 0.3 is 0 Å². The van der Waals surface area contributed by atoms with Gasteiger partial charge in [-0.05, 0) is 44.6 Å². The molecule has 2 atom stereocenters. The van der Waals surface area contributed by atoms with Crippen LogP contribution in [0.5, 0.6) is 0 Å². The summed E-state index contributed by atoms with van der Waals surface area (Å²) in [6.07, 6.45) is 6.72. The Labute approximate surface area is 142 Å². The molecule has 4 aliphatic rings. The van der Waals surface area contributed by atoms with Crippen molar-refractivity contribution in [2.75, 3.05) is 19.6 Å². The van der Waals surface area contributed by atoms with E-state index >= 15 is 0 Å². The largest absolute Gasteiger partial charge is 0.340 e. The van der Waals surface area contributed by atoms with Crippen molar-refractivity contribution < 1.29 is 9.59 Å². The van der Waals surface area contributed by atoms with E-state index in [0.717, 1.165) is 25.1 Å². The van der Waals surface area contributed by atoms with Crippen molar-refractivity contribution in [3.63, 3.8) is 0 Å². The van der Waals surface area contributed by atoms with Gasteiger partial charge in [0.2, 0.25) is 11.8 Å². The smallest absolute Gasteiger partial charge is 0.227 e. The van der Waals surface area contributed by atoms with Crippen LogP contribution in [0.4, 0.5) is 0 Å². The maximum absolute atomic E-state index is 12.7. The van der Waals surface area contributed by atoms with Gasteiger partial charge in [0.25, 0.3) is 0 Å². The SMILES string of the molecule is Cc1ccnn1CCC(=O)N1C[C@@H]2CC[C@H](C1)N(CC1CC1)C2=O. The number of carbonyl (C=O) groups is 2. The number of nitrogens with zero attached hydrogens (tertiary/aromatic N) is 4. The molecule has 0 unspecified atom stereocenters. The Morgan fingerprint density at radius 2 is 2.08 bits per heavy atom. The van der Waals surface area contributed by atoms with E-state index in [9.17, 15) is 9.59 Å². The lowest BCUT2D eigenvalue weighted by Crippen LogP contribution is -2.48. The molecule has 4 heterocycles. The van der Waals surface area contributed by atoms with Gasteiger partial charge in [-0.3, -0.25) is 14.3 Å². The second-order valence-electron chi connectivity index (χ2n) is 7.61. The van der Waals surface area contributed by atoms with Crippen molar-refractivity contribution in [1.29, 1.82) is 0 Å². The Bertz CT molecular complexity index is 637. The van der Waals surface area contributed by atoms with E-state index in [1.807, 2.05) is 22.6 Å². The summed E-state index contributed by atoms with van der Waals surface area (Å²) in [5.41, 5.74) is 1.07. The molecule has 3 saturated heterocycles. The zero-order valence-corrected chi connectivity index (χ0v) is 14.4. The second kappa shape index (κ2) is 6.22. The van der Waals surface area contributed by atoms with Crippen LogP contribution in [0, 0.1) is 18.8 Å². The third-order valence-corrected chi connectivity index (χ3v) is 5.76. The predicted octanol–water partition coefficient (Wildman–Crippen LogP) is 1.44. The number of aromatic nitrogens is 2. The third-order valence-electron chi connectivity index (χ3n) is 5.76. The molecule has 5 rings (SSSR count). The summed E-state index contributed by atoms with van der Waals surface area (Å²) >= 11 is 0. The van der Waals surface area contributed by atoms with Gasteiger partial charge in [-0.25, -0.2) is 0 Å². The van der Waals surface area contributed by atoms with Crippen LogP contribution in [-0.2, 0) is 16.1 Å². The van der Waals surface area contributed by atoms with Crippen LogP contribution in [-0.4, -0.2) is 57.1 Å². The van der Waals surface area contributed by atoms with Crippen LogP contribution >= 0.6 is 0 Å². The maximum atomic E-state index is 12.7. The average Bonchev–Trinajstić information content (AvgIpc) is 3.35. The minimum Gasteiger partial charge on any atom is -0.340 e. The summed E-state index contributed by atoms with van der Waals surface area (Å²) in [6, 6.07) is 2.18. The highest BCUT2D eigenvalue weighted by Crippen LogP contribution is 2.35. The number of rotatable bonds is 5. The van der Waals surface area contributed by atoms with Gasteiger partial charge in [-0.1, -0.05) is 0 Å². The van der Waals surface area contributed by atoms with Crippen LogP contribution in [0.2, 0.25) is 0 Å². The Kier molecular flexibility index (Phi) is 4.06. The van der Waals surface area contributed by atoms with Crippen molar-refractivity contribution in [2.45, 2.75) is 51.6 Å². The number of piperidine rings is 1. The van der Waals surface area contributed by atoms with Crippen LogP contribution < -0.4 is 0 Å². The molecule has 2 amide bonds. The molecule has 2 bridgehead atoms. The van der Waals surface area contributed by atoms with Gasteiger partial charge in [0, 0.05) is 50.5 Å². The Balaban J connectivity index is 1.40. The zero-order chi connectivity index (χ0) is 16.7. The standard InChI is InChI=1S/C18H26N4O2/c1-13-6-8-19-22(13)9-7-17(23)20-11-15-4-5-16(12-20)21(18(15)24)10-14-2-3-14/h6,8,14-16H,2-5,7,9-12H2,1H3/t15-,16+/m0/s1. The van der Waals surface area contributed by atoms with Crippen LogP contribution in [0.15, 0.2) is 12.3 Å². The highest BCUT2D eigenvalue weighted by atomic mass is 16.2. The second-order valence-corrected chi connectivity index (χ2v) is 7.61. The van der Waals surface area contributed by atoms with Gasteiger partial charge < -0.3 is 9.80 Å². The number of aryl methyl sites for hydroxylation is 2. The van der Waals surface area contributed by atoms with Crippen LogP contribution in [0.3, 0.4) is 0 Å². The summed E-state index contributed by atoms with van der Waals surface area (Å²) in [4.78, 5) is 29.4. The molecule has 1 aromatic rings. The lowest BCUT2D eigenvalue weighted by molar-refractivity contribution is -0.140. The summed E-state index contributed by atoms with van der Waals surface area (Å²) in [6.45, 7) is 4.84. The molecule has 1 saturated carbocycles. The molecule has 1 aromatic heterocycles. The van der Waals surface area contributed by atoms with Gasteiger partial charge in [0.15, 0.2) is 0 Å². The number of fused-ring (bicyclic) bond motifs is 4. The van der Waals surface area contributed by atoms with E-state index in [4.69, 9.17) is 0 Å². The first kappa shape index (κ1) is 15.7. The van der Waals surface area contributed by atoms with Crippen LogP contribution in [0.25, 0.3) is 0 Å². The zero-order valence-electron chi connectivity index (χ0n) is 14.4. The maximum Gasteiger partial charge on any atom is 0.227 e. The normalized spacial score (nSPS) is 26.8. The summed E-state index contributed by atoms with van der Waals surface area (Å²) in [5, 5.41) is 4.24. The first-order valence-electron chi connectivity index (χ1n) is 9.18. The molecule has 0 spiro atoms. The van der Waals surface area contributed by atoms with Crippen molar-refractivity contribution in [3.8, 4) is 0 Å². The van der Waals surface area contributed by atoms with Gasteiger partial charge in [0.05, 0.1) is 5.92 Å². The molecule has 6 nitrogen and oxygen atoms in total. The van der Waals surface area contributed by atoms with Gasteiger partial charge in [-0.15, -0.1) is 0 Å². The molecule has 3 aliphatic heterocycles. The van der Waals surface area contributed by atoms with E-state index in [0.29, 0.717) is 32.0 Å². The molecule has 0 aromatic carbocycles. The first-order valence-corrected chi connectivity index (χ1v) is 9.18. The van der Waals surface area contributed by atoms with E-state index in [1.54, 1.807) is 6.20 Å². The van der Waals surface area contributed by atoms with Gasteiger partial charge in [-0.2, -0.15) is 5.10 Å². The molecule has 1 aliphatic carbocycles. The van der Waals surface area contributed by atoms with Crippen molar-refractivity contribution >= 4 is 11.8 Å². The predicted molar refractivity (Wildman–Crippen MR) is 89.1 cm³/mol. The lowest BCUT2D eigenvalue weighted by atomic mass is 9.94. The quantitative estimate of drug-likeness (QED) is 0.821. The highest BCUT2D eigenvalue weighted by Gasteiger charge is 2.43. The van der Waals surface area contributed by atoms with Crippen LogP contribution in [0.1, 0.15) is 37.8 Å². The molecule has 6 heteroatoms. The fraction of sp³-hybridized carbons (Fsp3) is 0.722. The first-order chi connectivity index (χ1) is 11.6. The van der Waals surface area contributed by atoms with Gasteiger partial charge in [0.1, 0.15) is 0 Å². The lowest BCUT2D eigenvalue weighted by Gasteiger charge is -2.36. The highest BCUT2D eigenvalue weighted by molar-refractivity contribution is 5.83. The fourth-order valence-electron chi connectivity index (χ4n) is 4.06. The molecule has 24 heavy (non-hydrogen) atoms. The molecule has 0 N–H and O–H groups in total. The van der Waals surface area contributed by atoms with E-state index < -0.39 is 0 Å². The Morgan fingerprint density at radius 3 is 2.79 bits per heavy atom. The van der Waals surface area contributed by atoms with E-state index in [-0.39, 0.29) is 23.8 Å². The molecule has 4 fully saturated rings. The molecule has 130 valence electrons. The fourth-order valence-corrected chi connectivity index (χ4v) is 4.06. The molecular formula is C18H26N4O2. The summed E-state index contributed by atoms with van der Waals surface area (Å²) in [7, 11) is 0. The Morgan fingerprint density at radius 1 is 1.25 bits per heavy atom. The van der Waals surface area contributed by atoms with E-state index in [2.05, 4.69) is 10.00 Å². The summed E-state index contributed by atoms with van der Waals surface area (Å²) < 4.78 is 1.87. The Hall–Kier alpha value is -1.85. The van der Waals surface area contributed by atoms with Crippen molar-refractivity contribution in [1.82, 2.24) is 19.6 Å². The van der Waals surface area contributed by atoms with E-state index in [1.165, 1.54) is 12.8 Å². The van der Waals surface area contributed by atoms with Crippen molar-refractivity contribution in [3.05, 3.63) is 18.0 Å². The number of amides is 2. The molecular weight excluding hydrogens is 304 g/mol.